The third-order valence-corrected chi connectivity index (χ3v) is 6.14. The molecule has 2 N–H and O–H groups in total. The van der Waals surface area contributed by atoms with E-state index in [-0.39, 0.29) is 0 Å². The lowest BCUT2D eigenvalue weighted by Crippen LogP contribution is -2.37. The zero-order chi connectivity index (χ0) is 20.2. The second-order valence-electron chi connectivity index (χ2n) is 7.56. The highest BCUT2D eigenvalue weighted by Crippen LogP contribution is 2.50. The molecule has 0 aliphatic carbocycles. The first-order valence-electron chi connectivity index (χ1n) is 9.37. The summed E-state index contributed by atoms with van der Waals surface area (Å²) in [5.41, 5.74) is 2.30. The Bertz CT molecular complexity index is 1070. The van der Waals surface area contributed by atoms with Crippen molar-refractivity contribution in [3.8, 4) is 0 Å². The maximum Gasteiger partial charge on any atom is 0.416 e. The lowest BCUT2D eigenvalue weighted by Gasteiger charge is -2.34. The van der Waals surface area contributed by atoms with Gasteiger partial charge in [0.05, 0.1) is 18.3 Å². The van der Waals surface area contributed by atoms with Crippen LogP contribution in [0, 0.1) is 0 Å². The maximum atomic E-state index is 13.3. The Morgan fingerprint density at radius 1 is 1.07 bits per heavy atom. The standard InChI is InChI=1S/C21H18ClF3N4/c22-15-4-1-13(2-5-15)11-29-19-17(10-28-29)20(7-8-26-19)12-27-18-6-3-14(9-16(18)20)21(23,24)25/h1-6,9-10,26-27H,7-8,11-12H2/t20-/m1/s1. The molecular weight excluding hydrogens is 401 g/mol. The van der Waals surface area contributed by atoms with Crippen LogP contribution in [-0.4, -0.2) is 22.9 Å². The molecule has 1 atom stereocenters. The topological polar surface area (TPSA) is 41.9 Å². The van der Waals surface area contributed by atoms with E-state index >= 15 is 0 Å². The zero-order valence-electron chi connectivity index (χ0n) is 15.4. The van der Waals surface area contributed by atoms with Gasteiger partial charge in [-0.05, 0) is 47.9 Å². The van der Waals surface area contributed by atoms with Gasteiger partial charge in [-0.25, -0.2) is 4.68 Å². The highest BCUT2D eigenvalue weighted by molar-refractivity contribution is 6.30. The Balaban J connectivity index is 1.56. The van der Waals surface area contributed by atoms with Crippen molar-refractivity contribution in [1.82, 2.24) is 9.78 Å². The fraction of sp³-hybridized carbons (Fsp3) is 0.286. The zero-order valence-corrected chi connectivity index (χ0v) is 16.1. The van der Waals surface area contributed by atoms with E-state index in [0.717, 1.165) is 28.7 Å². The average Bonchev–Trinajstić information content (AvgIpc) is 3.26. The van der Waals surface area contributed by atoms with Crippen LogP contribution in [0.15, 0.2) is 48.7 Å². The number of hydrogen-bond acceptors (Lipinski definition) is 3. The molecule has 8 heteroatoms. The first-order valence-corrected chi connectivity index (χ1v) is 9.75. The van der Waals surface area contributed by atoms with Crippen LogP contribution in [-0.2, 0) is 18.1 Å². The Labute approximate surface area is 170 Å². The number of nitrogens with one attached hydrogen (secondary N) is 2. The van der Waals surface area contributed by atoms with Gasteiger partial charge in [-0.15, -0.1) is 0 Å². The van der Waals surface area contributed by atoms with Crippen molar-refractivity contribution in [2.45, 2.75) is 24.6 Å². The van der Waals surface area contributed by atoms with Gasteiger partial charge in [-0.1, -0.05) is 23.7 Å². The minimum Gasteiger partial charge on any atom is -0.384 e. The van der Waals surface area contributed by atoms with E-state index in [0.29, 0.717) is 36.6 Å². The molecule has 2 aromatic carbocycles. The Kier molecular flexibility index (Phi) is 4.07. The number of fused-ring (bicyclic) bond motifs is 4. The summed E-state index contributed by atoms with van der Waals surface area (Å²) in [6.45, 7) is 1.78. The number of halogens is 4. The van der Waals surface area contributed by atoms with Crippen LogP contribution in [0.4, 0.5) is 24.7 Å². The summed E-state index contributed by atoms with van der Waals surface area (Å²) in [4.78, 5) is 0. The summed E-state index contributed by atoms with van der Waals surface area (Å²) >= 11 is 5.96. The Morgan fingerprint density at radius 3 is 2.62 bits per heavy atom. The molecule has 0 radical (unpaired) electrons. The lowest BCUT2D eigenvalue weighted by atomic mass is 9.72. The van der Waals surface area contributed by atoms with E-state index < -0.39 is 17.2 Å². The van der Waals surface area contributed by atoms with Crippen LogP contribution in [0.1, 0.15) is 28.7 Å². The molecule has 4 nitrogen and oxygen atoms in total. The van der Waals surface area contributed by atoms with Crippen molar-refractivity contribution in [3.63, 3.8) is 0 Å². The maximum absolute atomic E-state index is 13.3. The van der Waals surface area contributed by atoms with Crippen LogP contribution < -0.4 is 10.6 Å². The van der Waals surface area contributed by atoms with Gasteiger partial charge in [0.25, 0.3) is 0 Å². The van der Waals surface area contributed by atoms with Crippen molar-refractivity contribution >= 4 is 23.1 Å². The predicted molar refractivity (Wildman–Crippen MR) is 107 cm³/mol. The number of anilines is 2. The van der Waals surface area contributed by atoms with Crippen LogP contribution in [0.25, 0.3) is 0 Å². The number of aromatic nitrogens is 2. The molecule has 0 fully saturated rings. The van der Waals surface area contributed by atoms with Crippen LogP contribution in [0.3, 0.4) is 0 Å². The van der Waals surface area contributed by atoms with E-state index in [9.17, 15) is 13.2 Å². The van der Waals surface area contributed by atoms with Crippen LogP contribution >= 0.6 is 11.6 Å². The molecule has 2 aliphatic rings. The Hall–Kier alpha value is -2.67. The predicted octanol–water partition coefficient (Wildman–Crippen LogP) is 5.13. The van der Waals surface area contributed by atoms with Gasteiger partial charge in [0.2, 0.25) is 0 Å². The molecule has 3 aromatic rings. The van der Waals surface area contributed by atoms with Gasteiger partial charge < -0.3 is 10.6 Å². The summed E-state index contributed by atoms with van der Waals surface area (Å²) in [7, 11) is 0. The second kappa shape index (κ2) is 6.42. The number of nitrogens with zero attached hydrogens (tertiary/aromatic N) is 2. The molecule has 2 aliphatic heterocycles. The van der Waals surface area contributed by atoms with E-state index in [1.54, 1.807) is 6.20 Å². The summed E-state index contributed by atoms with van der Waals surface area (Å²) in [6.07, 6.45) is -1.88. The van der Waals surface area contributed by atoms with Crippen LogP contribution in [0.2, 0.25) is 5.02 Å². The minimum absolute atomic E-state index is 0.518. The lowest BCUT2D eigenvalue weighted by molar-refractivity contribution is -0.137. The molecule has 1 spiro atoms. The first kappa shape index (κ1) is 18.4. The Morgan fingerprint density at radius 2 is 1.86 bits per heavy atom. The normalized spacial score (nSPS) is 20.1. The fourth-order valence-electron chi connectivity index (χ4n) is 4.41. The second-order valence-corrected chi connectivity index (χ2v) is 8.00. The van der Waals surface area contributed by atoms with Gasteiger partial charge in [-0.3, -0.25) is 0 Å². The van der Waals surface area contributed by atoms with Crippen molar-refractivity contribution in [1.29, 1.82) is 0 Å². The third-order valence-electron chi connectivity index (χ3n) is 5.89. The van der Waals surface area contributed by atoms with Gasteiger partial charge >= 0.3 is 6.18 Å². The monoisotopic (exact) mass is 418 g/mol. The third kappa shape index (κ3) is 2.95. The van der Waals surface area contributed by atoms with E-state index in [4.69, 9.17) is 11.6 Å². The van der Waals surface area contributed by atoms with Gasteiger partial charge in [0, 0.05) is 34.8 Å². The summed E-state index contributed by atoms with van der Waals surface area (Å²) in [5, 5.41) is 11.9. The molecule has 5 rings (SSSR count). The summed E-state index contributed by atoms with van der Waals surface area (Å²) in [5.74, 6) is 0.860. The molecule has 0 bridgehead atoms. The highest BCUT2D eigenvalue weighted by Gasteiger charge is 2.46. The molecule has 0 saturated heterocycles. The number of benzene rings is 2. The first-order chi connectivity index (χ1) is 13.9. The molecule has 29 heavy (non-hydrogen) atoms. The largest absolute Gasteiger partial charge is 0.416 e. The number of alkyl halides is 3. The number of hydrogen-bond donors (Lipinski definition) is 2. The van der Waals surface area contributed by atoms with Crippen molar-refractivity contribution in [2.24, 2.45) is 0 Å². The molecule has 3 heterocycles. The molecule has 0 amide bonds. The van der Waals surface area contributed by atoms with Crippen molar-refractivity contribution in [2.75, 3.05) is 23.7 Å². The molecule has 0 saturated carbocycles. The average molecular weight is 419 g/mol. The quantitative estimate of drug-likeness (QED) is 0.606. The van der Waals surface area contributed by atoms with Gasteiger partial charge in [0.1, 0.15) is 5.82 Å². The minimum atomic E-state index is -4.37. The molecular formula is C21H18ClF3N4. The van der Waals surface area contributed by atoms with Crippen LogP contribution in [0.5, 0.6) is 0 Å². The molecule has 1 aromatic heterocycles. The smallest absolute Gasteiger partial charge is 0.384 e. The summed E-state index contributed by atoms with van der Waals surface area (Å²) < 4.78 is 41.8. The van der Waals surface area contributed by atoms with Gasteiger partial charge in [-0.2, -0.15) is 18.3 Å². The van der Waals surface area contributed by atoms with E-state index in [1.807, 2.05) is 28.9 Å². The molecule has 150 valence electrons. The SMILES string of the molecule is FC(F)(F)c1ccc2c(c1)[C@@]1(CCNc3c1cnn3Cc1ccc(Cl)cc1)CN2. The number of rotatable bonds is 2. The van der Waals surface area contributed by atoms with E-state index in [2.05, 4.69) is 15.7 Å². The van der Waals surface area contributed by atoms with Gasteiger partial charge in [0.15, 0.2) is 0 Å². The highest BCUT2D eigenvalue weighted by atomic mass is 35.5. The molecule has 0 unspecified atom stereocenters. The summed E-state index contributed by atoms with van der Waals surface area (Å²) in [6, 6.07) is 11.5. The fourth-order valence-corrected chi connectivity index (χ4v) is 4.53. The van der Waals surface area contributed by atoms with E-state index in [1.165, 1.54) is 12.1 Å². The van der Waals surface area contributed by atoms with Crippen molar-refractivity contribution in [3.05, 3.63) is 75.9 Å². The van der Waals surface area contributed by atoms with Crippen molar-refractivity contribution < 1.29 is 13.2 Å².